The fourth-order valence-electron chi connectivity index (χ4n) is 2.86. The largest absolute Gasteiger partial charge is 0.392 e. The highest BCUT2D eigenvalue weighted by Crippen LogP contribution is 2.16. The molecule has 0 aliphatic heterocycles. The van der Waals surface area contributed by atoms with Gasteiger partial charge >= 0.3 is 5.69 Å². The zero-order valence-electron chi connectivity index (χ0n) is 15.6. The van der Waals surface area contributed by atoms with E-state index in [0.717, 1.165) is 10.1 Å². The standard InChI is InChI=1S/C19H23N5O3/c1-13(25)12-20-18-21-16-15(17(26)23(3)19(27)22(16)2)24(18)11-7-10-14-8-5-4-6-9-14/h4-10,13,25H,11-12H2,1-3H3,(H,20,21). The second kappa shape index (κ2) is 7.63. The van der Waals surface area contributed by atoms with E-state index < -0.39 is 17.4 Å². The molecule has 3 rings (SSSR count). The van der Waals surface area contributed by atoms with Crippen molar-refractivity contribution in [2.75, 3.05) is 11.9 Å². The van der Waals surface area contributed by atoms with Crippen LogP contribution in [0, 0.1) is 0 Å². The first-order valence-electron chi connectivity index (χ1n) is 8.70. The van der Waals surface area contributed by atoms with Crippen LogP contribution in [0.3, 0.4) is 0 Å². The summed E-state index contributed by atoms with van der Waals surface area (Å²) in [5, 5.41) is 12.6. The number of anilines is 1. The third kappa shape index (κ3) is 3.70. The Hall–Kier alpha value is -3.13. The van der Waals surface area contributed by atoms with Crippen molar-refractivity contribution in [3.05, 3.63) is 62.8 Å². The van der Waals surface area contributed by atoms with E-state index in [1.54, 1.807) is 18.5 Å². The van der Waals surface area contributed by atoms with Crippen LogP contribution in [0.1, 0.15) is 12.5 Å². The van der Waals surface area contributed by atoms with Crippen LogP contribution < -0.4 is 16.6 Å². The summed E-state index contributed by atoms with van der Waals surface area (Å²) >= 11 is 0. The van der Waals surface area contributed by atoms with Gasteiger partial charge in [-0.1, -0.05) is 42.5 Å². The molecule has 0 fully saturated rings. The van der Waals surface area contributed by atoms with Gasteiger partial charge in [-0.3, -0.25) is 13.9 Å². The summed E-state index contributed by atoms with van der Waals surface area (Å²) in [5.74, 6) is 0.432. The molecule has 0 spiro atoms. The minimum atomic E-state index is -0.579. The Morgan fingerprint density at radius 3 is 2.56 bits per heavy atom. The van der Waals surface area contributed by atoms with Crippen molar-refractivity contribution in [3.8, 4) is 0 Å². The van der Waals surface area contributed by atoms with Crippen LogP contribution in [0.2, 0.25) is 0 Å². The van der Waals surface area contributed by atoms with E-state index in [1.165, 1.54) is 11.6 Å². The van der Waals surface area contributed by atoms with E-state index in [1.807, 2.05) is 42.5 Å². The molecule has 3 aromatic rings. The van der Waals surface area contributed by atoms with Gasteiger partial charge in [-0.2, -0.15) is 4.98 Å². The van der Waals surface area contributed by atoms with E-state index in [-0.39, 0.29) is 6.54 Å². The van der Waals surface area contributed by atoms with Crippen molar-refractivity contribution in [3.63, 3.8) is 0 Å². The average molecular weight is 369 g/mol. The lowest BCUT2D eigenvalue weighted by atomic mass is 10.2. The molecule has 8 nitrogen and oxygen atoms in total. The molecule has 0 radical (unpaired) electrons. The molecule has 1 atom stereocenters. The van der Waals surface area contributed by atoms with Gasteiger partial charge in [0.25, 0.3) is 5.56 Å². The van der Waals surface area contributed by atoms with Crippen LogP contribution in [-0.2, 0) is 20.6 Å². The number of fused-ring (bicyclic) bond motifs is 1. The number of benzene rings is 1. The molecule has 2 N–H and O–H groups in total. The summed E-state index contributed by atoms with van der Waals surface area (Å²) in [6.07, 6.45) is 3.30. The minimum Gasteiger partial charge on any atom is -0.392 e. The average Bonchev–Trinajstić information content (AvgIpc) is 3.02. The number of allylic oxidation sites excluding steroid dienone is 1. The maximum absolute atomic E-state index is 12.7. The Morgan fingerprint density at radius 2 is 1.89 bits per heavy atom. The number of aliphatic hydroxyl groups excluding tert-OH is 1. The van der Waals surface area contributed by atoms with Gasteiger partial charge in [-0.05, 0) is 12.5 Å². The highest BCUT2D eigenvalue weighted by Gasteiger charge is 2.18. The third-order valence-electron chi connectivity index (χ3n) is 4.30. The topological polar surface area (TPSA) is 94.1 Å². The fourth-order valence-corrected chi connectivity index (χ4v) is 2.86. The molecule has 1 aromatic carbocycles. The lowest BCUT2D eigenvalue weighted by Crippen LogP contribution is -2.37. The highest BCUT2D eigenvalue weighted by molar-refractivity contribution is 5.74. The van der Waals surface area contributed by atoms with Gasteiger partial charge < -0.3 is 15.0 Å². The van der Waals surface area contributed by atoms with Crippen LogP contribution in [0.25, 0.3) is 17.2 Å². The number of rotatable bonds is 6. The number of imidazole rings is 1. The molecule has 0 aliphatic rings. The van der Waals surface area contributed by atoms with E-state index in [4.69, 9.17) is 0 Å². The predicted molar refractivity (Wildman–Crippen MR) is 106 cm³/mol. The number of hydrogen-bond donors (Lipinski definition) is 2. The predicted octanol–water partition coefficient (Wildman–Crippen LogP) is 0.940. The summed E-state index contributed by atoms with van der Waals surface area (Å²) in [4.78, 5) is 29.3. The SMILES string of the molecule is CC(O)CNc1nc2c(c(=O)n(C)c(=O)n2C)n1CC=Cc1ccccc1. The molecule has 0 saturated carbocycles. The Bertz CT molecular complexity index is 1090. The molecule has 0 amide bonds. The lowest BCUT2D eigenvalue weighted by molar-refractivity contribution is 0.208. The van der Waals surface area contributed by atoms with Crippen LogP contribution in [-0.4, -0.2) is 36.4 Å². The molecular formula is C19H23N5O3. The Balaban J connectivity index is 2.09. The van der Waals surface area contributed by atoms with E-state index in [2.05, 4.69) is 10.3 Å². The van der Waals surface area contributed by atoms with Crippen molar-refractivity contribution in [1.29, 1.82) is 0 Å². The fraction of sp³-hybridized carbons (Fsp3) is 0.316. The molecule has 2 aromatic heterocycles. The van der Waals surface area contributed by atoms with Crippen LogP contribution in [0.15, 0.2) is 46.0 Å². The van der Waals surface area contributed by atoms with Crippen molar-refractivity contribution >= 4 is 23.2 Å². The maximum atomic E-state index is 12.7. The molecule has 2 heterocycles. The van der Waals surface area contributed by atoms with Crippen LogP contribution in [0.4, 0.5) is 5.95 Å². The summed E-state index contributed by atoms with van der Waals surface area (Å²) < 4.78 is 4.14. The smallest absolute Gasteiger partial charge is 0.332 e. The molecule has 142 valence electrons. The van der Waals surface area contributed by atoms with Gasteiger partial charge in [0.05, 0.1) is 6.10 Å². The molecule has 1 unspecified atom stereocenters. The van der Waals surface area contributed by atoms with Gasteiger partial charge in [0.1, 0.15) is 0 Å². The number of nitrogens with one attached hydrogen (secondary N) is 1. The number of aryl methyl sites for hydroxylation is 1. The van der Waals surface area contributed by atoms with E-state index in [9.17, 15) is 14.7 Å². The van der Waals surface area contributed by atoms with Gasteiger partial charge in [-0.15, -0.1) is 0 Å². The lowest BCUT2D eigenvalue weighted by Gasteiger charge is -2.10. The number of hydrogen-bond acceptors (Lipinski definition) is 5. The zero-order chi connectivity index (χ0) is 19.6. The second-order valence-corrected chi connectivity index (χ2v) is 6.47. The van der Waals surface area contributed by atoms with Crippen molar-refractivity contribution in [1.82, 2.24) is 18.7 Å². The summed E-state index contributed by atoms with van der Waals surface area (Å²) in [7, 11) is 3.03. The van der Waals surface area contributed by atoms with Crippen LogP contribution >= 0.6 is 0 Å². The normalized spacial score (nSPS) is 12.7. The molecule has 8 heteroatoms. The zero-order valence-corrected chi connectivity index (χ0v) is 15.6. The van der Waals surface area contributed by atoms with Crippen molar-refractivity contribution in [2.45, 2.75) is 19.6 Å². The number of aromatic nitrogens is 4. The quantitative estimate of drug-likeness (QED) is 0.674. The Morgan fingerprint density at radius 1 is 1.19 bits per heavy atom. The van der Waals surface area contributed by atoms with Crippen molar-refractivity contribution in [2.24, 2.45) is 14.1 Å². The number of nitrogens with zero attached hydrogens (tertiary/aromatic N) is 4. The first kappa shape index (κ1) is 18.7. The molecule has 0 saturated heterocycles. The minimum absolute atomic E-state index is 0.278. The summed E-state index contributed by atoms with van der Waals surface area (Å²) in [5.41, 5.74) is 0.855. The Labute approximate surface area is 156 Å². The molecule has 0 bridgehead atoms. The molecular weight excluding hydrogens is 346 g/mol. The van der Waals surface area contributed by atoms with Gasteiger partial charge in [0.2, 0.25) is 5.95 Å². The van der Waals surface area contributed by atoms with Gasteiger partial charge in [-0.25, -0.2) is 4.79 Å². The van der Waals surface area contributed by atoms with Crippen molar-refractivity contribution < 1.29 is 5.11 Å². The van der Waals surface area contributed by atoms with E-state index in [0.29, 0.717) is 23.7 Å². The first-order chi connectivity index (χ1) is 12.9. The highest BCUT2D eigenvalue weighted by atomic mass is 16.3. The third-order valence-corrected chi connectivity index (χ3v) is 4.30. The monoisotopic (exact) mass is 369 g/mol. The Kier molecular flexibility index (Phi) is 5.27. The van der Waals surface area contributed by atoms with Gasteiger partial charge in [0, 0.05) is 27.2 Å². The van der Waals surface area contributed by atoms with Crippen LogP contribution in [0.5, 0.6) is 0 Å². The molecule has 0 aliphatic carbocycles. The number of aliphatic hydroxyl groups is 1. The first-order valence-corrected chi connectivity index (χ1v) is 8.70. The molecule has 27 heavy (non-hydrogen) atoms. The summed E-state index contributed by atoms with van der Waals surface area (Å²) in [6, 6.07) is 9.82. The second-order valence-electron chi connectivity index (χ2n) is 6.47. The maximum Gasteiger partial charge on any atom is 0.332 e. The van der Waals surface area contributed by atoms with Gasteiger partial charge in [0.15, 0.2) is 11.2 Å². The summed E-state index contributed by atoms with van der Waals surface area (Å²) in [6.45, 7) is 2.32. The van der Waals surface area contributed by atoms with E-state index >= 15 is 0 Å².